The molecule has 0 bridgehead atoms. The zero-order valence-corrected chi connectivity index (χ0v) is 11.8. The Balaban J connectivity index is 1.77. The largest absolute Gasteiger partial charge is 0.349 e. The van der Waals surface area contributed by atoms with Gasteiger partial charge in [-0.05, 0) is 31.2 Å². The molecule has 0 saturated heterocycles. The summed E-state index contributed by atoms with van der Waals surface area (Å²) in [6.07, 6.45) is 1.67. The molecule has 0 atom stereocenters. The maximum atomic E-state index is 11.9. The smallest absolute Gasteiger partial charge is 0.251 e. The first-order valence-corrected chi connectivity index (χ1v) is 6.66. The van der Waals surface area contributed by atoms with Crippen LogP contribution in [0, 0.1) is 6.92 Å². The second kappa shape index (κ2) is 7.19. The van der Waals surface area contributed by atoms with Crippen LogP contribution in [0.3, 0.4) is 0 Å². The molecule has 1 heterocycles. The third-order valence-electron chi connectivity index (χ3n) is 2.88. The summed E-state index contributed by atoms with van der Waals surface area (Å²) >= 11 is 0. The first-order chi connectivity index (χ1) is 10.1. The first kappa shape index (κ1) is 14.7. The van der Waals surface area contributed by atoms with Gasteiger partial charge >= 0.3 is 0 Å². The van der Waals surface area contributed by atoms with Crippen molar-refractivity contribution in [3.63, 3.8) is 0 Å². The van der Waals surface area contributed by atoms with Crippen molar-refractivity contribution in [1.29, 1.82) is 0 Å². The minimum atomic E-state index is -0.258. The van der Waals surface area contributed by atoms with Crippen LogP contribution in [0.4, 0.5) is 0 Å². The van der Waals surface area contributed by atoms with Gasteiger partial charge in [0.1, 0.15) is 0 Å². The average molecular weight is 283 g/mol. The zero-order valence-electron chi connectivity index (χ0n) is 11.8. The van der Waals surface area contributed by atoms with Gasteiger partial charge in [-0.25, -0.2) is 0 Å². The van der Waals surface area contributed by atoms with Crippen LogP contribution < -0.4 is 10.6 Å². The Morgan fingerprint density at radius 3 is 2.67 bits per heavy atom. The maximum absolute atomic E-state index is 11.9. The van der Waals surface area contributed by atoms with Crippen molar-refractivity contribution in [1.82, 2.24) is 15.6 Å². The van der Waals surface area contributed by atoms with Crippen molar-refractivity contribution in [2.75, 3.05) is 6.54 Å². The lowest BCUT2D eigenvalue weighted by atomic mass is 10.1. The molecule has 0 aliphatic carbocycles. The normalized spacial score (nSPS) is 9.95. The molecule has 1 aromatic carbocycles. The quantitative estimate of drug-likeness (QED) is 0.872. The van der Waals surface area contributed by atoms with Gasteiger partial charge in [0.15, 0.2) is 0 Å². The fraction of sp³-hybridized carbons (Fsp3) is 0.188. The summed E-state index contributed by atoms with van der Waals surface area (Å²) in [5.74, 6) is -0.506. The van der Waals surface area contributed by atoms with Crippen molar-refractivity contribution >= 4 is 11.8 Å². The van der Waals surface area contributed by atoms with Gasteiger partial charge in [0.25, 0.3) is 5.91 Å². The Labute approximate surface area is 123 Å². The maximum Gasteiger partial charge on any atom is 0.251 e. The molecule has 2 amide bonds. The van der Waals surface area contributed by atoms with Crippen molar-refractivity contribution in [3.05, 3.63) is 65.5 Å². The van der Waals surface area contributed by atoms with Crippen molar-refractivity contribution in [3.8, 4) is 0 Å². The zero-order chi connectivity index (χ0) is 15.1. The second-order valence-electron chi connectivity index (χ2n) is 4.65. The minimum absolute atomic E-state index is 0.0559. The van der Waals surface area contributed by atoms with E-state index in [4.69, 9.17) is 0 Å². The molecule has 1 aromatic heterocycles. The van der Waals surface area contributed by atoms with E-state index in [0.29, 0.717) is 12.1 Å². The van der Waals surface area contributed by atoms with Crippen molar-refractivity contribution < 1.29 is 9.59 Å². The lowest BCUT2D eigenvalue weighted by molar-refractivity contribution is -0.120. The SMILES string of the molecule is Cc1cccc(C(=O)NCC(=O)NCc2ccccn2)c1. The van der Waals surface area contributed by atoms with Gasteiger partial charge in [-0.15, -0.1) is 0 Å². The molecule has 0 unspecified atom stereocenters. The number of nitrogens with zero attached hydrogens (tertiary/aromatic N) is 1. The Morgan fingerprint density at radius 1 is 1.10 bits per heavy atom. The summed E-state index contributed by atoms with van der Waals surface area (Å²) < 4.78 is 0. The molecule has 2 rings (SSSR count). The minimum Gasteiger partial charge on any atom is -0.349 e. The van der Waals surface area contributed by atoms with Gasteiger partial charge in [-0.3, -0.25) is 14.6 Å². The molecule has 0 aliphatic rings. The van der Waals surface area contributed by atoms with E-state index in [0.717, 1.165) is 11.3 Å². The van der Waals surface area contributed by atoms with Crippen molar-refractivity contribution in [2.24, 2.45) is 0 Å². The van der Waals surface area contributed by atoms with Crippen LogP contribution in [0.2, 0.25) is 0 Å². The molecule has 0 spiro atoms. The Morgan fingerprint density at radius 2 is 1.95 bits per heavy atom. The number of rotatable bonds is 5. The molecule has 0 aliphatic heterocycles. The van der Waals surface area contributed by atoms with E-state index in [1.807, 2.05) is 37.3 Å². The Kier molecular flexibility index (Phi) is 5.04. The number of benzene rings is 1. The Hall–Kier alpha value is -2.69. The van der Waals surface area contributed by atoms with Crippen LogP contribution in [0.1, 0.15) is 21.6 Å². The molecule has 108 valence electrons. The van der Waals surface area contributed by atoms with Crippen LogP contribution >= 0.6 is 0 Å². The number of aromatic nitrogens is 1. The van der Waals surface area contributed by atoms with Crippen LogP contribution in [-0.4, -0.2) is 23.3 Å². The molecule has 0 fully saturated rings. The van der Waals surface area contributed by atoms with Crippen LogP contribution in [-0.2, 0) is 11.3 Å². The molecular weight excluding hydrogens is 266 g/mol. The van der Waals surface area contributed by atoms with Gasteiger partial charge in [0.2, 0.25) is 5.91 Å². The highest BCUT2D eigenvalue weighted by atomic mass is 16.2. The summed E-state index contributed by atoms with van der Waals surface area (Å²) in [6.45, 7) is 2.20. The summed E-state index contributed by atoms with van der Waals surface area (Å²) in [5.41, 5.74) is 2.32. The fourth-order valence-corrected chi connectivity index (χ4v) is 1.80. The monoisotopic (exact) mass is 283 g/mol. The average Bonchev–Trinajstić information content (AvgIpc) is 2.51. The standard InChI is InChI=1S/C16H17N3O2/c1-12-5-4-6-13(9-12)16(21)19-11-15(20)18-10-14-7-2-3-8-17-14/h2-9H,10-11H2,1H3,(H,18,20)(H,19,21). The van der Waals surface area contributed by atoms with Gasteiger partial charge in [-0.1, -0.05) is 23.8 Å². The van der Waals surface area contributed by atoms with Gasteiger partial charge in [0.05, 0.1) is 18.8 Å². The summed E-state index contributed by atoms with van der Waals surface area (Å²) in [5, 5.41) is 5.29. The summed E-state index contributed by atoms with van der Waals surface area (Å²) in [4.78, 5) is 27.6. The van der Waals surface area contributed by atoms with Crippen LogP contribution in [0.25, 0.3) is 0 Å². The van der Waals surface area contributed by atoms with Crippen LogP contribution in [0.5, 0.6) is 0 Å². The molecule has 2 aromatic rings. The molecule has 0 saturated carbocycles. The number of amides is 2. The van der Waals surface area contributed by atoms with E-state index in [9.17, 15) is 9.59 Å². The van der Waals surface area contributed by atoms with Gasteiger partial charge < -0.3 is 10.6 Å². The van der Waals surface area contributed by atoms with E-state index in [-0.39, 0.29) is 18.4 Å². The number of carbonyl (C=O) groups excluding carboxylic acids is 2. The van der Waals surface area contributed by atoms with Gasteiger partial charge in [-0.2, -0.15) is 0 Å². The molecule has 0 radical (unpaired) electrons. The lowest BCUT2D eigenvalue weighted by Crippen LogP contribution is -2.36. The first-order valence-electron chi connectivity index (χ1n) is 6.66. The second-order valence-corrected chi connectivity index (χ2v) is 4.65. The van der Waals surface area contributed by atoms with Crippen LogP contribution in [0.15, 0.2) is 48.7 Å². The van der Waals surface area contributed by atoms with E-state index in [1.54, 1.807) is 18.3 Å². The van der Waals surface area contributed by atoms with E-state index in [2.05, 4.69) is 15.6 Å². The fourth-order valence-electron chi connectivity index (χ4n) is 1.80. The number of pyridine rings is 1. The Bertz CT molecular complexity index is 626. The highest BCUT2D eigenvalue weighted by Gasteiger charge is 2.07. The lowest BCUT2D eigenvalue weighted by Gasteiger charge is -2.07. The topological polar surface area (TPSA) is 71.1 Å². The highest BCUT2D eigenvalue weighted by molar-refractivity contribution is 5.96. The number of hydrogen-bond acceptors (Lipinski definition) is 3. The highest BCUT2D eigenvalue weighted by Crippen LogP contribution is 2.03. The number of nitrogens with one attached hydrogen (secondary N) is 2. The van der Waals surface area contributed by atoms with E-state index < -0.39 is 0 Å². The summed E-state index contributed by atoms with van der Waals surface area (Å²) in [6, 6.07) is 12.7. The number of hydrogen-bond donors (Lipinski definition) is 2. The summed E-state index contributed by atoms with van der Waals surface area (Å²) in [7, 11) is 0. The third-order valence-corrected chi connectivity index (χ3v) is 2.88. The van der Waals surface area contributed by atoms with Crippen molar-refractivity contribution in [2.45, 2.75) is 13.5 Å². The third kappa shape index (κ3) is 4.72. The molecular formula is C16H17N3O2. The number of aryl methyl sites for hydroxylation is 1. The molecule has 5 nitrogen and oxygen atoms in total. The molecule has 5 heteroatoms. The predicted molar refractivity (Wildman–Crippen MR) is 79.6 cm³/mol. The van der Waals surface area contributed by atoms with E-state index >= 15 is 0 Å². The molecule has 2 N–H and O–H groups in total. The van der Waals surface area contributed by atoms with Gasteiger partial charge in [0, 0.05) is 11.8 Å². The molecule has 21 heavy (non-hydrogen) atoms. The predicted octanol–water partition coefficient (Wildman–Crippen LogP) is 1.44. The number of carbonyl (C=O) groups is 2. The van der Waals surface area contributed by atoms with E-state index in [1.165, 1.54) is 0 Å².